The van der Waals surface area contributed by atoms with Crippen LogP contribution in [-0.4, -0.2) is 27.8 Å². The molecule has 0 aliphatic rings. The van der Waals surface area contributed by atoms with Gasteiger partial charge in [-0.05, 0) is 25.5 Å². The SMILES string of the molecule is Cc1csc2nc(COC(=O)CCCNC(=O)c3ccco3)cc(=O)n12. The van der Waals surface area contributed by atoms with Crippen molar-refractivity contribution in [3.8, 4) is 0 Å². The van der Waals surface area contributed by atoms with E-state index in [1.807, 2.05) is 12.3 Å². The summed E-state index contributed by atoms with van der Waals surface area (Å²) in [6.07, 6.45) is 2.00. The lowest BCUT2D eigenvalue weighted by Gasteiger charge is -2.05. The predicted molar refractivity (Wildman–Crippen MR) is 94.1 cm³/mol. The first-order valence-corrected chi connectivity index (χ1v) is 8.86. The summed E-state index contributed by atoms with van der Waals surface area (Å²) >= 11 is 1.36. The average molecular weight is 375 g/mol. The Morgan fingerprint density at radius 1 is 1.42 bits per heavy atom. The molecule has 26 heavy (non-hydrogen) atoms. The number of carbonyl (C=O) groups is 2. The number of aromatic nitrogens is 2. The number of nitrogens with zero attached hydrogens (tertiary/aromatic N) is 2. The third kappa shape index (κ3) is 4.17. The molecule has 0 bridgehead atoms. The number of nitrogens with one attached hydrogen (secondary N) is 1. The van der Waals surface area contributed by atoms with E-state index in [2.05, 4.69) is 10.3 Å². The van der Waals surface area contributed by atoms with Crippen LogP contribution in [0.5, 0.6) is 0 Å². The van der Waals surface area contributed by atoms with Crippen molar-refractivity contribution < 1.29 is 18.7 Å². The molecule has 0 aliphatic carbocycles. The van der Waals surface area contributed by atoms with E-state index in [1.54, 1.807) is 12.1 Å². The first-order valence-electron chi connectivity index (χ1n) is 7.98. The minimum Gasteiger partial charge on any atom is -0.459 e. The Morgan fingerprint density at radius 3 is 3.04 bits per heavy atom. The fourth-order valence-corrected chi connectivity index (χ4v) is 3.22. The van der Waals surface area contributed by atoms with Crippen LogP contribution in [0.4, 0.5) is 0 Å². The van der Waals surface area contributed by atoms with Crippen LogP contribution in [0.15, 0.2) is 39.1 Å². The molecule has 0 fully saturated rings. The number of aryl methyl sites for hydroxylation is 1. The highest BCUT2D eigenvalue weighted by Crippen LogP contribution is 2.12. The van der Waals surface area contributed by atoms with Crippen LogP contribution in [0.25, 0.3) is 4.96 Å². The van der Waals surface area contributed by atoms with Gasteiger partial charge in [-0.3, -0.25) is 18.8 Å². The number of furan rings is 1. The second-order valence-corrected chi connectivity index (χ2v) is 6.41. The number of amides is 1. The van der Waals surface area contributed by atoms with Gasteiger partial charge in [0.25, 0.3) is 11.5 Å². The molecule has 3 rings (SSSR count). The highest BCUT2D eigenvalue weighted by atomic mass is 32.1. The molecule has 0 atom stereocenters. The van der Waals surface area contributed by atoms with Crippen LogP contribution in [0.3, 0.4) is 0 Å². The van der Waals surface area contributed by atoms with Gasteiger partial charge < -0.3 is 14.5 Å². The zero-order valence-electron chi connectivity index (χ0n) is 14.1. The summed E-state index contributed by atoms with van der Waals surface area (Å²) < 4.78 is 11.6. The molecular weight excluding hydrogens is 358 g/mol. The van der Waals surface area contributed by atoms with Gasteiger partial charge in [0.05, 0.1) is 12.0 Å². The molecule has 1 amide bonds. The topological polar surface area (TPSA) is 103 Å². The number of ether oxygens (including phenoxy) is 1. The van der Waals surface area contributed by atoms with Crippen molar-refractivity contribution in [1.82, 2.24) is 14.7 Å². The molecule has 3 heterocycles. The van der Waals surface area contributed by atoms with Crippen molar-refractivity contribution in [3.05, 3.63) is 57.3 Å². The van der Waals surface area contributed by atoms with E-state index in [-0.39, 0.29) is 30.3 Å². The maximum absolute atomic E-state index is 12.0. The summed E-state index contributed by atoms with van der Waals surface area (Å²) in [6.45, 7) is 2.10. The second-order valence-electron chi connectivity index (χ2n) is 5.58. The van der Waals surface area contributed by atoms with Gasteiger partial charge in [0.1, 0.15) is 6.61 Å². The molecule has 0 saturated carbocycles. The average Bonchev–Trinajstić information content (AvgIpc) is 3.27. The monoisotopic (exact) mass is 375 g/mol. The molecule has 0 unspecified atom stereocenters. The minimum atomic E-state index is -0.415. The quantitative estimate of drug-likeness (QED) is 0.500. The zero-order chi connectivity index (χ0) is 18.5. The number of esters is 1. The Hall–Kier alpha value is -2.94. The van der Waals surface area contributed by atoms with Crippen molar-refractivity contribution in [1.29, 1.82) is 0 Å². The van der Waals surface area contributed by atoms with Gasteiger partial charge in [-0.15, -0.1) is 11.3 Å². The molecule has 0 aromatic carbocycles. The number of fused-ring (bicyclic) bond motifs is 1. The van der Waals surface area contributed by atoms with Crippen molar-refractivity contribution in [2.45, 2.75) is 26.4 Å². The fraction of sp³-hybridized carbons (Fsp3) is 0.294. The third-order valence-corrected chi connectivity index (χ3v) is 4.54. The van der Waals surface area contributed by atoms with E-state index in [0.717, 1.165) is 5.69 Å². The molecule has 0 saturated heterocycles. The minimum absolute atomic E-state index is 0.0553. The summed E-state index contributed by atoms with van der Waals surface area (Å²) in [7, 11) is 0. The maximum Gasteiger partial charge on any atom is 0.306 e. The number of thiazole rings is 1. The highest BCUT2D eigenvalue weighted by Gasteiger charge is 2.10. The van der Waals surface area contributed by atoms with Crippen LogP contribution in [0.1, 0.15) is 34.8 Å². The molecular formula is C17H17N3O5S. The Balaban J connectivity index is 1.43. The molecule has 8 nitrogen and oxygen atoms in total. The van der Waals surface area contributed by atoms with Gasteiger partial charge in [0.15, 0.2) is 10.7 Å². The molecule has 0 aliphatic heterocycles. The van der Waals surface area contributed by atoms with Crippen molar-refractivity contribution in [3.63, 3.8) is 0 Å². The lowest BCUT2D eigenvalue weighted by molar-refractivity contribution is -0.145. The summed E-state index contributed by atoms with van der Waals surface area (Å²) in [5.41, 5.74) is 1.04. The van der Waals surface area contributed by atoms with E-state index in [1.165, 1.54) is 28.1 Å². The molecule has 0 spiro atoms. The summed E-state index contributed by atoms with van der Waals surface area (Å²) in [5.74, 6) is -0.515. The van der Waals surface area contributed by atoms with E-state index in [0.29, 0.717) is 23.6 Å². The summed E-state index contributed by atoms with van der Waals surface area (Å²) in [4.78, 5) is 40.3. The highest BCUT2D eigenvalue weighted by molar-refractivity contribution is 7.15. The van der Waals surface area contributed by atoms with Gasteiger partial charge in [-0.2, -0.15) is 0 Å². The predicted octanol–water partition coefficient (Wildman–Crippen LogP) is 1.91. The zero-order valence-corrected chi connectivity index (χ0v) is 14.9. The number of hydrogen-bond donors (Lipinski definition) is 1. The van der Waals surface area contributed by atoms with E-state index in [4.69, 9.17) is 9.15 Å². The van der Waals surface area contributed by atoms with Crippen molar-refractivity contribution in [2.24, 2.45) is 0 Å². The Morgan fingerprint density at radius 2 is 2.27 bits per heavy atom. The number of hydrogen-bond acceptors (Lipinski definition) is 7. The molecule has 3 aromatic heterocycles. The summed E-state index contributed by atoms with van der Waals surface area (Å²) in [6, 6.07) is 4.55. The van der Waals surface area contributed by atoms with Gasteiger partial charge in [0, 0.05) is 30.1 Å². The van der Waals surface area contributed by atoms with Crippen LogP contribution in [0, 0.1) is 6.92 Å². The summed E-state index contributed by atoms with van der Waals surface area (Å²) in [5, 5.41) is 4.49. The number of carbonyl (C=O) groups excluding carboxylic acids is 2. The second kappa shape index (κ2) is 7.96. The van der Waals surface area contributed by atoms with Crippen LogP contribution >= 0.6 is 11.3 Å². The van der Waals surface area contributed by atoms with E-state index < -0.39 is 5.97 Å². The van der Waals surface area contributed by atoms with Crippen LogP contribution in [-0.2, 0) is 16.1 Å². The van der Waals surface area contributed by atoms with Gasteiger partial charge in [-0.25, -0.2) is 4.98 Å². The smallest absolute Gasteiger partial charge is 0.306 e. The Kier molecular flexibility index (Phi) is 5.47. The fourth-order valence-electron chi connectivity index (χ4n) is 2.33. The first-order chi connectivity index (χ1) is 12.5. The van der Waals surface area contributed by atoms with E-state index in [9.17, 15) is 14.4 Å². The lowest BCUT2D eigenvalue weighted by Crippen LogP contribution is -2.24. The van der Waals surface area contributed by atoms with Gasteiger partial charge in [0.2, 0.25) is 0 Å². The van der Waals surface area contributed by atoms with Gasteiger partial charge in [-0.1, -0.05) is 0 Å². The normalized spacial score (nSPS) is 10.8. The molecule has 136 valence electrons. The Labute approximate surface area is 152 Å². The third-order valence-electron chi connectivity index (χ3n) is 3.60. The van der Waals surface area contributed by atoms with E-state index >= 15 is 0 Å². The van der Waals surface area contributed by atoms with Crippen LogP contribution < -0.4 is 10.9 Å². The maximum atomic E-state index is 12.0. The largest absolute Gasteiger partial charge is 0.459 e. The Bertz CT molecular complexity index is 974. The molecule has 0 radical (unpaired) electrons. The molecule has 1 N–H and O–H groups in total. The molecule has 9 heteroatoms. The first kappa shape index (κ1) is 17.9. The lowest BCUT2D eigenvalue weighted by atomic mass is 10.3. The standard InChI is InChI=1S/C17H17N3O5S/c1-11-10-26-17-19-12(8-14(21)20(11)17)9-25-15(22)5-2-6-18-16(23)13-4-3-7-24-13/h3-4,7-8,10H,2,5-6,9H2,1H3,(H,18,23). The van der Waals surface area contributed by atoms with Crippen molar-refractivity contribution >= 4 is 28.2 Å². The molecule has 3 aromatic rings. The number of rotatable bonds is 7. The van der Waals surface area contributed by atoms with Gasteiger partial charge >= 0.3 is 5.97 Å². The van der Waals surface area contributed by atoms with Crippen LogP contribution in [0.2, 0.25) is 0 Å². The van der Waals surface area contributed by atoms with Crippen molar-refractivity contribution in [2.75, 3.05) is 6.54 Å².